The van der Waals surface area contributed by atoms with Gasteiger partial charge in [-0.25, -0.2) is 0 Å². The summed E-state index contributed by atoms with van der Waals surface area (Å²) in [6.07, 6.45) is -0.510. The Hall–Kier alpha value is -1.63. The van der Waals surface area contributed by atoms with E-state index < -0.39 is 6.10 Å². The van der Waals surface area contributed by atoms with Gasteiger partial charge in [0.25, 0.3) is 0 Å². The van der Waals surface area contributed by atoms with Crippen molar-refractivity contribution in [1.29, 1.82) is 0 Å². The molecular weight excluding hydrogens is 318 g/mol. The fourth-order valence-corrected chi connectivity index (χ4v) is 3.06. The Balaban J connectivity index is 1.65. The molecule has 1 unspecified atom stereocenters. The number of aliphatic hydroxyl groups is 1. The maximum atomic E-state index is 12.2. The van der Waals surface area contributed by atoms with E-state index >= 15 is 0 Å². The number of benzene rings is 1. The molecule has 25 heavy (non-hydrogen) atoms. The second-order valence-electron chi connectivity index (χ2n) is 6.42. The molecule has 1 heterocycles. The molecule has 1 fully saturated rings. The van der Waals surface area contributed by atoms with E-state index in [2.05, 4.69) is 9.80 Å². The lowest BCUT2D eigenvalue weighted by Gasteiger charge is -2.36. The molecule has 6 heteroatoms. The number of aliphatic hydroxyl groups excluding tert-OH is 1. The number of nitrogens with zero attached hydrogens (tertiary/aromatic N) is 3. The lowest BCUT2D eigenvalue weighted by atomic mass is 10.2. The minimum atomic E-state index is -0.510. The Morgan fingerprint density at radius 1 is 1.12 bits per heavy atom. The molecule has 1 aliphatic rings. The molecule has 0 radical (unpaired) electrons. The zero-order valence-electron chi connectivity index (χ0n) is 15.4. The molecular formula is C19H31N3O3. The van der Waals surface area contributed by atoms with E-state index in [1.807, 2.05) is 49.1 Å². The van der Waals surface area contributed by atoms with Crippen molar-refractivity contribution >= 4 is 5.91 Å². The Bertz CT molecular complexity index is 500. The number of carbonyl (C=O) groups is 1. The number of rotatable bonds is 9. The van der Waals surface area contributed by atoms with Crippen LogP contribution in [0, 0.1) is 0 Å². The number of carbonyl (C=O) groups excluding carboxylic acids is 1. The Morgan fingerprint density at radius 3 is 2.32 bits per heavy atom. The van der Waals surface area contributed by atoms with Gasteiger partial charge in [0.05, 0.1) is 6.54 Å². The fourth-order valence-electron chi connectivity index (χ4n) is 3.06. The molecule has 0 aromatic heterocycles. The lowest BCUT2D eigenvalue weighted by Crippen LogP contribution is -2.51. The maximum absolute atomic E-state index is 12.2. The first-order valence-electron chi connectivity index (χ1n) is 9.20. The largest absolute Gasteiger partial charge is 0.491 e. The van der Waals surface area contributed by atoms with Crippen molar-refractivity contribution < 1.29 is 14.6 Å². The van der Waals surface area contributed by atoms with E-state index in [9.17, 15) is 9.90 Å². The van der Waals surface area contributed by atoms with Gasteiger partial charge in [-0.15, -0.1) is 0 Å². The van der Waals surface area contributed by atoms with Gasteiger partial charge < -0.3 is 14.7 Å². The van der Waals surface area contributed by atoms with Crippen LogP contribution in [0.15, 0.2) is 30.3 Å². The van der Waals surface area contributed by atoms with E-state index in [1.165, 1.54) is 0 Å². The molecule has 0 spiro atoms. The summed E-state index contributed by atoms with van der Waals surface area (Å²) in [5.74, 6) is 0.982. The first kappa shape index (κ1) is 19.7. The number of hydrogen-bond acceptors (Lipinski definition) is 5. The van der Waals surface area contributed by atoms with Crippen molar-refractivity contribution in [2.24, 2.45) is 0 Å². The van der Waals surface area contributed by atoms with Crippen molar-refractivity contribution in [3.63, 3.8) is 0 Å². The highest BCUT2D eigenvalue weighted by atomic mass is 16.5. The highest BCUT2D eigenvalue weighted by Gasteiger charge is 2.22. The fraction of sp³-hybridized carbons (Fsp3) is 0.632. The van der Waals surface area contributed by atoms with Gasteiger partial charge in [-0.1, -0.05) is 18.2 Å². The molecule has 1 aromatic rings. The van der Waals surface area contributed by atoms with Crippen LogP contribution >= 0.6 is 0 Å². The van der Waals surface area contributed by atoms with Crippen LogP contribution in [-0.4, -0.2) is 90.8 Å². The zero-order chi connectivity index (χ0) is 18.1. The van der Waals surface area contributed by atoms with Crippen LogP contribution in [0.5, 0.6) is 5.75 Å². The van der Waals surface area contributed by atoms with Crippen LogP contribution in [0.25, 0.3) is 0 Å². The minimum absolute atomic E-state index is 0.203. The molecule has 1 saturated heterocycles. The van der Waals surface area contributed by atoms with Gasteiger partial charge in [0.2, 0.25) is 5.91 Å². The lowest BCUT2D eigenvalue weighted by molar-refractivity contribution is -0.132. The average Bonchev–Trinajstić information content (AvgIpc) is 2.63. The van der Waals surface area contributed by atoms with Gasteiger partial charge in [-0.3, -0.25) is 14.6 Å². The predicted molar refractivity (Wildman–Crippen MR) is 98.8 cm³/mol. The van der Waals surface area contributed by atoms with Crippen LogP contribution in [0.2, 0.25) is 0 Å². The Morgan fingerprint density at radius 2 is 1.72 bits per heavy atom. The summed E-state index contributed by atoms with van der Waals surface area (Å²) in [4.78, 5) is 18.5. The molecule has 1 aliphatic heterocycles. The maximum Gasteiger partial charge on any atom is 0.236 e. The third kappa shape index (κ3) is 6.65. The summed E-state index contributed by atoms with van der Waals surface area (Å²) in [7, 11) is 0. The second kappa shape index (κ2) is 10.4. The summed E-state index contributed by atoms with van der Waals surface area (Å²) in [6, 6.07) is 9.55. The first-order chi connectivity index (χ1) is 12.1. The monoisotopic (exact) mass is 349 g/mol. The number of amides is 1. The molecule has 1 aromatic carbocycles. The summed E-state index contributed by atoms with van der Waals surface area (Å²) in [5.41, 5.74) is 0. The van der Waals surface area contributed by atoms with Gasteiger partial charge in [0, 0.05) is 45.8 Å². The van der Waals surface area contributed by atoms with E-state index in [0.29, 0.717) is 19.7 Å². The van der Waals surface area contributed by atoms with Gasteiger partial charge in [-0.2, -0.15) is 0 Å². The number of likely N-dealkylation sites (N-methyl/N-ethyl adjacent to an activating group) is 1. The summed E-state index contributed by atoms with van der Waals surface area (Å²) < 4.78 is 5.60. The molecule has 0 aliphatic carbocycles. The topological polar surface area (TPSA) is 56.3 Å². The van der Waals surface area contributed by atoms with Crippen LogP contribution in [0.1, 0.15) is 13.8 Å². The highest BCUT2D eigenvalue weighted by molar-refractivity contribution is 5.78. The zero-order valence-corrected chi connectivity index (χ0v) is 15.4. The Kier molecular flexibility index (Phi) is 8.18. The molecule has 0 bridgehead atoms. The molecule has 140 valence electrons. The number of para-hydroxylation sites is 1. The van der Waals surface area contributed by atoms with Gasteiger partial charge in [0.15, 0.2) is 0 Å². The molecule has 0 saturated carbocycles. The van der Waals surface area contributed by atoms with Crippen molar-refractivity contribution in [2.75, 3.05) is 59.0 Å². The van der Waals surface area contributed by atoms with Crippen molar-refractivity contribution in [1.82, 2.24) is 14.7 Å². The van der Waals surface area contributed by atoms with Gasteiger partial charge >= 0.3 is 0 Å². The van der Waals surface area contributed by atoms with Gasteiger partial charge in [0.1, 0.15) is 18.5 Å². The minimum Gasteiger partial charge on any atom is -0.491 e. The van der Waals surface area contributed by atoms with Crippen LogP contribution < -0.4 is 4.74 Å². The molecule has 1 N–H and O–H groups in total. The molecule has 1 amide bonds. The van der Waals surface area contributed by atoms with E-state index in [4.69, 9.17) is 4.74 Å². The second-order valence-corrected chi connectivity index (χ2v) is 6.42. The highest BCUT2D eigenvalue weighted by Crippen LogP contribution is 2.09. The Labute approximate surface area is 151 Å². The predicted octanol–water partition coefficient (Wildman–Crippen LogP) is 0.912. The van der Waals surface area contributed by atoms with Crippen molar-refractivity contribution in [3.8, 4) is 5.75 Å². The standard InChI is InChI=1S/C19H31N3O3/c1-3-22(4-2)19(24)15-21-12-10-20(11-13-21)14-17(23)16-25-18-8-6-5-7-9-18/h5-9,17,23H,3-4,10-16H2,1-2H3. The SMILES string of the molecule is CCN(CC)C(=O)CN1CCN(CC(O)COc2ccccc2)CC1. The van der Waals surface area contributed by atoms with Crippen LogP contribution in [-0.2, 0) is 4.79 Å². The van der Waals surface area contributed by atoms with E-state index in [0.717, 1.165) is 45.0 Å². The number of β-amino-alcohol motifs (C(OH)–C–C–N with tert-alkyl or cyclic N) is 1. The normalized spacial score (nSPS) is 17.2. The molecule has 6 nitrogen and oxygen atoms in total. The number of hydrogen-bond donors (Lipinski definition) is 1. The van der Waals surface area contributed by atoms with Crippen molar-refractivity contribution in [3.05, 3.63) is 30.3 Å². The quantitative estimate of drug-likeness (QED) is 0.718. The van der Waals surface area contributed by atoms with Crippen LogP contribution in [0.3, 0.4) is 0 Å². The number of piperazine rings is 1. The summed E-state index contributed by atoms with van der Waals surface area (Å²) >= 11 is 0. The smallest absolute Gasteiger partial charge is 0.236 e. The van der Waals surface area contributed by atoms with Crippen LogP contribution in [0.4, 0.5) is 0 Å². The van der Waals surface area contributed by atoms with Crippen molar-refractivity contribution in [2.45, 2.75) is 20.0 Å². The summed E-state index contributed by atoms with van der Waals surface area (Å²) in [6.45, 7) is 10.4. The average molecular weight is 349 g/mol. The van der Waals surface area contributed by atoms with Gasteiger partial charge in [-0.05, 0) is 26.0 Å². The first-order valence-corrected chi connectivity index (χ1v) is 9.20. The third-order valence-electron chi connectivity index (χ3n) is 4.59. The summed E-state index contributed by atoms with van der Waals surface area (Å²) in [5, 5.41) is 10.2. The third-order valence-corrected chi connectivity index (χ3v) is 4.59. The molecule has 1 atom stereocenters. The number of ether oxygens (including phenoxy) is 1. The molecule has 2 rings (SSSR count). The van der Waals surface area contributed by atoms with E-state index in [-0.39, 0.29) is 5.91 Å². The van der Waals surface area contributed by atoms with E-state index in [1.54, 1.807) is 0 Å².